The van der Waals surface area contributed by atoms with Crippen LogP contribution in [0.2, 0.25) is 0 Å². The van der Waals surface area contributed by atoms with E-state index in [0.29, 0.717) is 23.9 Å². The van der Waals surface area contributed by atoms with Crippen molar-refractivity contribution in [1.82, 2.24) is 9.97 Å². The second-order valence-corrected chi connectivity index (χ2v) is 4.93. The Morgan fingerprint density at radius 3 is 2.50 bits per heavy atom. The van der Waals surface area contributed by atoms with Crippen LogP contribution in [0.3, 0.4) is 0 Å². The molecule has 5 nitrogen and oxygen atoms in total. The molecular formula is C13H14N2O3. The molecule has 1 aromatic carbocycles. The second-order valence-electron chi connectivity index (χ2n) is 4.93. The summed E-state index contributed by atoms with van der Waals surface area (Å²) in [5.41, 5.74) is 1.13. The molecule has 18 heavy (non-hydrogen) atoms. The van der Waals surface area contributed by atoms with Crippen LogP contribution in [0.1, 0.15) is 31.2 Å². The number of hydrogen-bond acceptors (Lipinski definition) is 2. The number of imidazole rings is 1. The number of nitrogens with one attached hydrogen (secondary N) is 2. The van der Waals surface area contributed by atoms with Gasteiger partial charge in [-0.2, -0.15) is 0 Å². The lowest BCUT2D eigenvalue weighted by atomic mass is 9.79. The highest BCUT2D eigenvalue weighted by atomic mass is 16.4. The Bertz CT molecular complexity index is 662. The van der Waals surface area contributed by atoms with Crippen molar-refractivity contribution in [2.75, 3.05) is 0 Å². The number of hydrogen-bond donors (Lipinski definition) is 3. The SMILES string of the molecule is O=C(O)C1(c2ccc3[nH]c(=O)[nH]c3c2)CCCC1. The summed E-state index contributed by atoms with van der Waals surface area (Å²) < 4.78 is 0. The zero-order chi connectivity index (χ0) is 12.8. The van der Waals surface area contributed by atoms with Gasteiger partial charge in [-0.1, -0.05) is 18.9 Å². The van der Waals surface area contributed by atoms with Gasteiger partial charge in [-0.15, -0.1) is 0 Å². The van der Waals surface area contributed by atoms with E-state index in [1.165, 1.54) is 0 Å². The summed E-state index contributed by atoms with van der Waals surface area (Å²) in [5.74, 6) is -0.766. The molecule has 1 aliphatic carbocycles. The summed E-state index contributed by atoms with van der Waals surface area (Å²) >= 11 is 0. The number of carbonyl (C=O) groups is 1. The summed E-state index contributed by atoms with van der Waals surface area (Å²) in [6, 6.07) is 5.36. The quantitative estimate of drug-likeness (QED) is 0.754. The first-order valence-corrected chi connectivity index (χ1v) is 6.08. The summed E-state index contributed by atoms with van der Waals surface area (Å²) in [4.78, 5) is 28.1. The van der Waals surface area contributed by atoms with E-state index in [-0.39, 0.29) is 5.69 Å². The Morgan fingerprint density at radius 1 is 1.17 bits per heavy atom. The van der Waals surface area contributed by atoms with E-state index in [9.17, 15) is 14.7 Å². The molecule has 94 valence electrons. The zero-order valence-electron chi connectivity index (χ0n) is 9.82. The minimum absolute atomic E-state index is 0.266. The summed E-state index contributed by atoms with van der Waals surface area (Å²) in [6.45, 7) is 0. The predicted octanol–water partition coefficient (Wildman–Crippen LogP) is 1.75. The molecule has 1 fully saturated rings. The van der Waals surface area contributed by atoms with Crippen LogP contribution in [-0.2, 0) is 10.2 Å². The fourth-order valence-electron chi connectivity index (χ4n) is 2.93. The third kappa shape index (κ3) is 1.47. The maximum atomic E-state index is 11.6. The largest absolute Gasteiger partial charge is 0.481 e. The van der Waals surface area contributed by atoms with Crippen molar-refractivity contribution in [3.8, 4) is 0 Å². The van der Waals surface area contributed by atoms with E-state index in [4.69, 9.17) is 0 Å². The molecule has 5 heteroatoms. The molecule has 0 bridgehead atoms. The van der Waals surface area contributed by atoms with Crippen molar-refractivity contribution in [1.29, 1.82) is 0 Å². The number of benzene rings is 1. The molecular weight excluding hydrogens is 232 g/mol. The summed E-state index contributed by atoms with van der Waals surface area (Å²) in [5, 5.41) is 9.51. The molecule has 0 unspecified atom stereocenters. The van der Waals surface area contributed by atoms with Gasteiger partial charge in [0.1, 0.15) is 0 Å². The smallest absolute Gasteiger partial charge is 0.323 e. The minimum atomic E-state index is -0.775. The van der Waals surface area contributed by atoms with Gasteiger partial charge in [-0.3, -0.25) is 4.79 Å². The average molecular weight is 246 g/mol. The van der Waals surface area contributed by atoms with Crippen molar-refractivity contribution in [3.05, 3.63) is 34.2 Å². The molecule has 3 rings (SSSR count). The van der Waals surface area contributed by atoms with Crippen molar-refractivity contribution >= 4 is 17.0 Å². The van der Waals surface area contributed by atoms with Gasteiger partial charge in [0.25, 0.3) is 0 Å². The Balaban J connectivity index is 2.17. The van der Waals surface area contributed by atoms with E-state index in [2.05, 4.69) is 9.97 Å². The van der Waals surface area contributed by atoms with Gasteiger partial charge in [-0.05, 0) is 30.5 Å². The molecule has 3 N–H and O–H groups in total. The number of aliphatic carboxylic acids is 1. The third-order valence-corrected chi connectivity index (χ3v) is 3.94. The predicted molar refractivity (Wildman–Crippen MR) is 66.7 cm³/mol. The molecule has 1 aromatic heterocycles. The fourth-order valence-corrected chi connectivity index (χ4v) is 2.93. The lowest BCUT2D eigenvalue weighted by Crippen LogP contribution is -2.32. The molecule has 1 aliphatic rings. The number of carboxylic acids is 1. The topological polar surface area (TPSA) is 85.9 Å². The molecule has 2 aromatic rings. The molecule has 0 spiro atoms. The average Bonchev–Trinajstić information content (AvgIpc) is 2.92. The third-order valence-electron chi connectivity index (χ3n) is 3.94. The number of rotatable bonds is 2. The number of carboxylic acid groups (broad SMARTS) is 1. The number of fused-ring (bicyclic) bond motifs is 1. The summed E-state index contributed by atoms with van der Waals surface area (Å²) in [7, 11) is 0. The first-order chi connectivity index (χ1) is 8.62. The first-order valence-electron chi connectivity index (χ1n) is 6.08. The Kier molecular flexibility index (Phi) is 2.29. The standard InChI is InChI=1S/C13H14N2O3/c16-11(17)13(5-1-2-6-13)8-3-4-9-10(7-8)15-12(18)14-9/h3-4,7H,1-2,5-6H2,(H,16,17)(H2,14,15,18). The Labute approximate surface area is 103 Å². The lowest BCUT2D eigenvalue weighted by Gasteiger charge is -2.24. The van der Waals surface area contributed by atoms with Gasteiger partial charge in [0.2, 0.25) is 0 Å². The van der Waals surface area contributed by atoms with Gasteiger partial charge in [0.05, 0.1) is 16.4 Å². The fraction of sp³-hybridized carbons (Fsp3) is 0.385. The number of H-pyrrole nitrogens is 2. The van der Waals surface area contributed by atoms with Gasteiger partial charge >= 0.3 is 11.7 Å². The number of aromatic amines is 2. The van der Waals surface area contributed by atoms with Crippen LogP contribution in [0.5, 0.6) is 0 Å². The van der Waals surface area contributed by atoms with Crippen LogP contribution in [0, 0.1) is 0 Å². The van der Waals surface area contributed by atoms with E-state index in [0.717, 1.165) is 18.4 Å². The lowest BCUT2D eigenvalue weighted by molar-refractivity contribution is -0.143. The highest BCUT2D eigenvalue weighted by Crippen LogP contribution is 2.41. The minimum Gasteiger partial charge on any atom is -0.481 e. The molecule has 0 radical (unpaired) electrons. The molecule has 1 saturated carbocycles. The summed E-state index contributed by atoms with van der Waals surface area (Å²) in [6.07, 6.45) is 3.22. The highest BCUT2D eigenvalue weighted by Gasteiger charge is 2.42. The van der Waals surface area contributed by atoms with Crippen LogP contribution in [0.25, 0.3) is 11.0 Å². The number of aromatic nitrogens is 2. The maximum absolute atomic E-state index is 11.6. The molecule has 0 saturated heterocycles. The Morgan fingerprint density at radius 2 is 1.83 bits per heavy atom. The highest BCUT2D eigenvalue weighted by molar-refractivity contribution is 5.84. The molecule has 0 amide bonds. The van der Waals surface area contributed by atoms with Crippen LogP contribution in [-0.4, -0.2) is 21.0 Å². The van der Waals surface area contributed by atoms with Gasteiger partial charge in [0.15, 0.2) is 0 Å². The van der Waals surface area contributed by atoms with Crippen LogP contribution < -0.4 is 5.69 Å². The van der Waals surface area contributed by atoms with E-state index in [1.54, 1.807) is 12.1 Å². The molecule has 0 atom stereocenters. The van der Waals surface area contributed by atoms with Gasteiger partial charge < -0.3 is 15.1 Å². The van der Waals surface area contributed by atoms with Crippen molar-refractivity contribution in [2.45, 2.75) is 31.1 Å². The van der Waals surface area contributed by atoms with E-state index >= 15 is 0 Å². The van der Waals surface area contributed by atoms with Crippen molar-refractivity contribution < 1.29 is 9.90 Å². The monoisotopic (exact) mass is 246 g/mol. The van der Waals surface area contributed by atoms with Gasteiger partial charge in [0, 0.05) is 0 Å². The van der Waals surface area contributed by atoms with E-state index in [1.807, 2.05) is 6.07 Å². The van der Waals surface area contributed by atoms with Gasteiger partial charge in [-0.25, -0.2) is 4.79 Å². The van der Waals surface area contributed by atoms with Crippen molar-refractivity contribution in [3.63, 3.8) is 0 Å². The molecule has 0 aliphatic heterocycles. The van der Waals surface area contributed by atoms with Crippen LogP contribution in [0.4, 0.5) is 0 Å². The zero-order valence-corrected chi connectivity index (χ0v) is 9.82. The first kappa shape index (κ1) is 11.1. The Hall–Kier alpha value is -2.04. The maximum Gasteiger partial charge on any atom is 0.323 e. The second kappa shape index (κ2) is 3.73. The van der Waals surface area contributed by atoms with Crippen LogP contribution in [0.15, 0.2) is 23.0 Å². The van der Waals surface area contributed by atoms with E-state index < -0.39 is 11.4 Å². The normalized spacial score (nSPS) is 18.2. The van der Waals surface area contributed by atoms with Crippen molar-refractivity contribution in [2.24, 2.45) is 0 Å². The van der Waals surface area contributed by atoms with Crippen LogP contribution >= 0.6 is 0 Å². The molecule has 1 heterocycles.